The first kappa shape index (κ1) is 15.0. The van der Waals surface area contributed by atoms with Gasteiger partial charge in [0.2, 0.25) is 0 Å². The average Bonchev–Trinajstić information content (AvgIpc) is 1.84. The molecule has 1 aliphatic carbocycles. The van der Waals surface area contributed by atoms with Gasteiger partial charge >= 0.3 is 74.7 Å². The van der Waals surface area contributed by atoms with E-state index in [0.717, 1.165) is 31.3 Å². The van der Waals surface area contributed by atoms with Gasteiger partial charge in [-0.25, -0.2) is 0 Å². The number of rotatable bonds is 1. The van der Waals surface area contributed by atoms with Crippen LogP contribution in [0.5, 0.6) is 0 Å². The van der Waals surface area contributed by atoms with E-state index < -0.39 is 0 Å². The topological polar surface area (TPSA) is 17.1 Å². The number of carbonyl (C=O) groups excluding carboxylic acids is 1. The minimum absolute atomic E-state index is 0. The van der Waals surface area contributed by atoms with Gasteiger partial charge in [-0.15, -0.1) is 0 Å². The molecule has 0 N–H and O–H groups in total. The molecule has 0 aromatic heterocycles. The van der Waals surface area contributed by atoms with E-state index in [1.54, 1.807) is 0 Å². The molecular weight excluding hydrogens is 221 g/mol. The van der Waals surface area contributed by atoms with Crippen molar-refractivity contribution in [2.45, 2.75) is 25.7 Å². The Labute approximate surface area is 84.6 Å². The second-order valence-corrected chi connectivity index (χ2v) is 3.04. The molecule has 13 heavy (non-hydrogen) atoms. The van der Waals surface area contributed by atoms with Gasteiger partial charge in [-0.3, -0.25) is 9.41 Å². The summed E-state index contributed by atoms with van der Waals surface area (Å²) in [4.78, 5) is 10.8. The van der Waals surface area contributed by atoms with E-state index in [0.29, 0.717) is 0 Å². The predicted octanol–water partition coefficient (Wildman–Crippen LogP) is 2.42. The van der Waals surface area contributed by atoms with Gasteiger partial charge < -0.3 is 0 Å². The van der Waals surface area contributed by atoms with Crippen LogP contribution >= 0.6 is 0 Å². The van der Waals surface area contributed by atoms with E-state index in [2.05, 4.69) is 27.9 Å². The van der Waals surface area contributed by atoms with E-state index in [1.165, 1.54) is 0 Å². The number of allylic oxidation sites excluding steroid dienone is 4. The van der Waals surface area contributed by atoms with E-state index in [9.17, 15) is 4.79 Å². The van der Waals surface area contributed by atoms with Crippen molar-refractivity contribution in [1.82, 2.24) is 0 Å². The molecule has 0 aromatic carbocycles. The Bertz CT molecular complexity index is 212. The van der Waals surface area contributed by atoms with Crippen LogP contribution in [0, 0.1) is 0 Å². The van der Waals surface area contributed by atoms with Gasteiger partial charge in [-0.2, -0.15) is 0 Å². The molecule has 0 unspecified atom stereocenters. The van der Waals surface area contributed by atoms with Crippen LogP contribution in [-0.2, 0) is 20.5 Å². The van der Waals surface area contributed by atoms with Gasteiger partial charge in [0, 0.05) is 0 Å². The molecule has 1 aliphatic rings. The van der Waals surface area contributed by atoms with Gasteiger partial charge in [0.05, 0.1) is 0 Å². The zero-order valence-corrected chi connectivity index (χ0v) is 8.16. The zero-order chi connectivity index (χ0) is 8.10. The summed E-state index contributed by atoms with van der Waals surface area (Å²) in [6.07, 6.45) is 10.1. The van der Waals surface area contributed by atoms with Crippen LogP contribution in [-0.4, -0.2) is 4.72 Å². The van der Waals surface area contributed by atoms with Crippen LogP contribution in [0.3, 0.4) is 0 Å². The van der Waals surface area contributed by atoms with Gasteiger partial charge in [0.25, 0.3) is 0 Å². The summed E-state index contributed by atoms with van der Waals surface area (Å²) in [7, 11) is 0. The summed E-state index contributed by atoms with van der Waals surface area (Å²) in [6, 6.07) is 0. The maximum absolute atomic E-state index is 10.8. The van der Waals surface area contributed by atoms with Crippen molar-refractivity contribution in [3.05, 3.63) is 23.8 Å². The summed E-state index contributed by atoms with van der Waals surface area (Å²) in [6.45, 7) is 0. The number of hydrogen-bond acceptors (Lipinski definition) is 1. The molecule has 0 saturated heterocycles. The average molecular weight is 234 g/mol. The van der Waals surface area contributed by atoms with Crippen LogP contribution in [0.25, 0.3) is 0 Å². The van der Waals surface area contributed by atoms with Crippen molar-refractivity contribution >= 4 is 4.72 Å². The summed E-state index contributed by atoms with van der Waals surface area (Å²) in [5.41, 5.74) is 0.870. The molecule has 0 atom stereocenters. The first-order valence-electron chi connectivity index (χ1n) is 3.82. The third-order valence-corrected chi connectivity index (χ3v) is 2.04. The quantitative estimate of drug-likeness (QED) is 0.637. The van der Waals surface area contributed by atoms with E-state index in [4.69, 9.17) is 0 Å². The number of halogens is 2. The van der Waals surface area contributed by atoms with Crippen LogP contribution < -0.4 is 0 Å². The Morgan fingerprint density at radius 1 is 1.15 bits per heavy atom. The van der Waals surface area contributed by atoms with Crippen molar-refractivity contribution < 1.29 is 29.9 Å². The molecule has 78 valence electrons. The first-order valence-corrected chi connectivity index (χ1v) is 4.34. The third-order valence-electron chi connectivity index (χ3n) is 1.71. The maximum atomic E-state index is 10.8. The molecule has 0 heterocycles. The Morgan fingerprint density at radius 2 is 1.77 bits per heavy atom. The minimum atomic E-state index is -0.0761. The van der Waals surface area contributed by atoms with Gasteiger partial charge in [-0.1, -0.05) is 0 Å². The van der Waals surface area contributed by atoms with E-state index in [1.807, 2.05) is 6.08 Å². The fourth-order valence-corrected chi connectivity index (χ4v) is 1.34. The molecule has 0 amide bonds. The zero-order valence-electron chi connectivity index (χ0n) is 7.12. The SMILES string of the molecule is F.F.O=[C]([Co])C1=CCCC=CCC1. The number of hydrogen-bond donors (Lipinski definition) is 0. The van der Waals surface area contributed by atoms with Gasteiger partial charge in [0.15, 0.2) is 0 Å². The van der Waals surface area contributed by atoms with Crippen molar-refractivity contribution in [1.29, 1.82) is 0 Å². The Hall–Kier alpha value is -0.484. The van der Waals surface area contributed by atoms with Crippen molar-refractivity contribution in [2.24, 2.45) is 0 Å². The molecule has 0 fully saturated rings. The van der Waals surface area contributed by atoms with Crippen molar-refractivity contribution in [2.75, 3.05) is 0 Å². The summed E-state index contributed by atoms with van der Waals surface area (Å²) >= 11 is 3.84. The molecule has 4 heteroatoms. The predicted molar refractivity (Wildman–Crippen MR) is 45.7 cm³/mol. The Kier molecular flexibility index (Phi) is 9.39. The number of carbonyl (C=O) groups is 1. The van der Waals surface area contributed by atoms with Crippen molar-refractivity contribution in [3.8, 4) is 0 Å². The Balaban J connectivity index is 0. The summed E-state index contributed by atoms with van der Waals surface area (Å²) in [5.74, 6) is 0. The molecule has 0 bridgehead atoms. The fourth-order valence-electron chi connectivity index (χ4n) is 1.10. The molecule has 0 aromatic rings. The van der Waals surface area contributed by atoms with Crippen LogP contribution in [0.2, 0.25) is 0 Å². The van der Waals surface area contributed by atoms with Crippen LogP contribution in [0.15, 0.2) is 23.8 Å². The molecular formula is C9H13CoF2O. The second kappa shape index (κ2) is 8.13. The van der Waals surface area contributed by atoms with Gasteiger partial charge in [0.1, 0.15) is 0 Å². The third kappa shape index (κ3) is 5.71. The molecule has 0 radical (unpaired) electrons. The van der Waals surface area contributed by atoms with E-state index >= 15 is 0 Å². The molecule has 1 rings (SSSR count). The molecule has 1 nitrogen and oxygen atoms in total. The van der Waals surface area contributed by atoms with Gasteiger partial charge in [-0.05, 0) is 0 Å². The summed E-state index contributed by atoms with van der Waals surface area (Å²) < 4.78 is -0.0761. The van der Waals surface area contributed by atoms with E-state index in [-0.39, 0.29) is 14.1 Å². The second-order valence-electron chi connectivity index (χ2n) is 2.57. The van der Waals surface area contributed by atoms with Crippen LogP contribution in [0.1, 0.15) is 25.7 Å². The molecule has 0 aliphatic heterocycles. The normalized spacial score (nSPS) is 15.7. The molecule has 0 saturated carbocycles. The molecule has 0 spiro atoms. The summed E-state index contributed by atoms with van der Waals surface area (Å²) in [5, 5.41) is 0. The van der Waals surface area contributed by atoms with Crippen molar-refractivity contribution in [3.63, 3.8) is 0 Å². The van der Waals surface area contributed by atoms with Crippen LogP contribution in [0.4, 0.5) is 9.41 Å². The monoisotopic (exact) mass is 234 g/mol. The first-order chi connectivity index (χ1) is 5.30. The fraction of sp³-hybridized carbons (Fsp3) is 0.444. The standard InChI is InChI=1S/C9H11O.Co.2FH/c10-8-9-6-4-2-1-3-5-7-9;;;/h1-2,7H,3-6H2;;2*1H. The Morgan fingerprint density at radius 3 is 2.38 bits per heavy atom.